The van der Waals surface area contributed by atoms with Crippen molar-refractivity contribution in [3.63, 3.8) is 0 Å². The van der Waals surface area contributed by atoms with Crippen LogP contribution in [0.1, 0.15) is 19.8 Å². The number of anilines is 1. The van der Waals surface area contributed by atoms with Crippen molar-refractivity contribution in [2.45, 2.75) is 25.8 Å². The summed E-state index contributed by atoms with van der Waals surface area (Å²) < 4.78 is 10.7. The SMILES string of the molecule is CCOc1ccc(NC(=O)C[C@@H](NCCCN2CCOCC2)C(=O)O)cc1. The van der Waals surface area contributed by atoms with Crippen LogP contribution in [0.15, 0.2) is 24.3 Å². The fourth-order valence-corrected chi connectivity index (χ4v) is 2.85. The van der Waals surface area contributed by atoms with Gasteiger partial charge in [-0.3, -0.25) is 14.5 Å². The molecule has 1 atom stereocenters. The summed E-state index contributed by atoms with van der Waals surface area (Å²) in [6.07, 6.45) is 0.699. The number of carbonyl (C=O) groups excluding carboxylic acids is 1. The van der Waals surface area contributed by atoms with E-state index in [9.17, 15) is 14.7 Å². The first kappa shape index (κ1) is 21.1. The number of carboxylic acid groups (broad SMARTS) is 1. The average Bonchev–Trinajstić information content (AvgIpc) is 2.66. The molecular formula is C19H29N3O5. The quantitative estimate of drug-likeness (QED) is 0.497. The third kappa shape index (κ3) is 7.94. The lowest BCUT2D eigenvalue weighted by atomic mass is 10.2. The van der Waals surface area contributed by atoms with Crippen molar-refractivity contribution in [3.8, 4) is 5.75 Å². The van der Waals surface area contributed by atoms with Crippen LogP contribution >= 0.6 is 0 Å². The first-order valence-corrected chi connectivity index (χ1v) is 9.37. The molecular weight excluding hydrogens is 350 g/mol. The summed E-state index contributed by atoms with van der Waals surface area (Å²) in [5.74, 6) is -0.642. The topological polar surface area (TPSA) is 100 Å². The Bertz CT molecular complexity index is 588. The third-order valence-corrected chi connectivity index (χ3v) is 4.28. The summed E-state index contributed by atoms with van der Waals surface area (Å²) in [6.45, 7) is 7.22. The van der Waals surface area contributed by atoms with Crippen LogP contribution in [0.3, 0.4) is 0 Å². The van der Waals surface area contributed by atoms with E-state index in [1.54, 1.807) is 24.3 Å². The van der Waals surface area contributed by atoms with Gasteiger partial charge in [0.15, 0.2) is 0 Å². The summed E-state index contributed by atoms with van der Waals surface area (Å²) in [7, 11) is 0. The number of aliphatic carboxylic acids is 1. The van der Waals surface area contributed by atoms with Gasteiger partial charge < -0.3 is 25.2 Å². The average molecular weight is 379 g/mol. The molecule has 0 radical (unpaired) electrons. The highest BCUT2D eigenvalue weighted by molar-refractivity contribution is 5.94. The maximum absolute atomic E-state index is 12.2. The van der Waals surface area contributed by atoms with Gasteiger partial charge >= 0.3 is 5.97 Å². The molecule has 27 heavy (non-hydrogen) atoms. The molecule has 3 N–H and O–H groups in total. The van der Waals surface area contributed by atoms with Crippen molar-refractivity contribution in [1.29, 1.82) is 0 Å². The summed E-state index contributed by atoms with van der Waals surface area (Å²) >= 11 is 0. The van der Waals surface area contributed by atoms with E-state index < -0.39 is 12.0 Å². The van der Waals surface area contributed by atoms with E-state index in [1.165, 1.54) is 0 Å². The summed E-state index contributed by atoms with van der Waals surface area (Å²) in [4.78, 5) is 25.9. The van der Waals surface area contributed by atoms with Crippen LogP contribution in [0.2, 0.25) is 0 Å². The monoisotopic (exact) mass is 379 g/mol. The maximum Gasteiger partial charge on any atom is 0.321 e. The van der Waals surface area contributed by atoms with Crippen molar-refractivity contribution in [1.82, 2.24) is 10.2 Å². The lowest BCUT2D eigenvalue weighted by Gasteiger charge is -2.26. The standard InChI is InChI=1S/C19H29N3O5/c1-2-27-16-6-4-15(5-7-16)21-18(23)14-17(19(24)25)20-8-3-9-22-10-12-26-13-11-22/h4-7,17,20H,2-3,8-14H2,1H3,(H,21,23)(H,24,25)/t17-/m1/s1. The molecule has 1 fully saturated rings. The van der Waals surface area contributed by atoms with Gasteiger partial charge in [-0.25, -0.2) is 0 Å². The first-order chi connectivity index (χ1) is 13.1. The number of rotatable bonds is 11. The van der Waals surface area contributed by atoms with E-state index in [4.69, 9.17) is 9.47 Å². The molecule has 150 valence electrons. The predicted molar refractivity (Wildman–Crippen MR) is 102 cm³/mol. The second kappa shape index (κ2) is 11.5. The molecule has 0 saturated carbocycles. The number of amides is 1. The molecule has 8 heteroatoms. The summed E-state index contributed by atoms with van der Waals surface area (Å²) in [5.41, 5.74) is 0.611. The summed E-state index contributed by atoms with van der Waals surface area (Å²) in [6, 6.07) is 6.08. The Morgan fingerprint density at radius 3 is 2.59 bits per heavy atom. The Kier molecular flexibility index (Phi) is 9.03. The molecule has 1 aromatic rings. The Labute approximate surface area is 159 Å². The number of carboxylic acids is 1. The van der Waals surface area contributed by atoms with Gasteiger partial charge in [0.05, 0.1) is 26.2 Å². The van der Waals surface area contributed by atoms with E-state index in [0.29, 0.717) is 18.8 Å². The second-order valence-corrected chi connectivity index (χ2v) is 6.36. The number of hydrogen-bond acceptors (Lipinski definition) is 6. The van der Waals surface area contributed by atoms with E-state index in [-0.39, 0.29) is 12.3 Å². The molecule has 1 aromatic carbocycles. The lowest BCUT2D eigenvalue weighted by molar-refractivity contribution is -0.141. The van der Waals surface area contributed by atoms with Crippen molar-refractivity contribution < 1.29 is 24.2 Å². The summed E-state index contributed by atoms with van der Waals surface area (Å²) in [5, 5.41) is 15.0. The zero-order valence-electron chi connectivity index (χ0n) is 15.8. The molecule has 1 heterocycles. The smallest absolute Gasteiger partial charge is 0.321 e. The maximum atomic E-state index is 12.2. The zero-order chi connectivity index (χ0) is 19.5. The van der Waals surface area contributed by atoms with Gasteiger partial charge in [0.25, 0.3) is 0 Å². The highest BCUT2D eigenvalue weighted by Crippen LogP contribution is 2.16. The van der Waals surface area contributed by atoms with Gasteiger partial charge in [0.1, 0.15) is 11.8 Å². The van der Waals surface area contributed by atoms with Gasteiger partial charge in [-0.15, -0.1) is 0 Å². The van der Waals surface area contributed by atoms with E-state index in [0.717, 1.165) is 45.0 Å². The number of benzene rings is 1. The zero-order valence-corrected chi connectivity index (χ0v) is 15.8. The van der Waals surface area contributed by atoms with Crippen molar-refractivity contribution in [3.05, 3.63) is 24.3 Å². The van der Waals surface area contributed by atoms with E-state index in [1.807, 2.05) is 6.92 Å². The predicted octanol–water partition coefficient (Wildman–Crippen LogP) is 1.18. The molecule has 1 aliphatic heterocycles. The van der Waals surface area contributed by atoms with Crippen LogP contribution in [0.5, 0.6) is 5.75 Å². The largest absolute Gasteiger partial charge is 0.494 e. The first-order valence-electron chi connectivity index (χ1n) is 9.37. The Morgan fingerprint density at radius 1 is 1.26 bits per heavy atom. The van der Waals surface area contributed by atoms with Crippen LogP contribution in [0, 0.1) is 0 Å². The number of morpholine rings is 1. The molecule has 1 amide bonds. The van der Waals surface area contributed by atoms with Crippen LogP contribution in [-0.2, 0) is 14.3 Å². The van der Waals surface area contributed by atoms with Gasteiger partial charge in [-0.1, -0.05) is 0 Å². The Balaban J connectivity index is 1.71. The van der Waals surface area contributed by atoms with Crippen LogP contribution in [0.4, 0.5) is 5.69 Å². The van der Waals surface area contributed by atoms with E-state index >= 15 is 0 Å². The molecule has 0 aromatic heterocycles. The molecule has 8 nitrogen and oxygen atoms in total. The van der Waals surface area contributed by atoms with Gasteiger partial charge in [-0.05, 0) is 50.7 Å². The minimum Gasteiger partial charge on any atom is -0.494 e. The number of hydrogen-bond donors (Lipinski definition) is 3. The fourth-order valence-electron chi connectivity index (χ4n) is 2.85. The number of nitrogens with one attached hydrogen (secondary N) is 2. The molecule has 2 rings (SSSR count). The molecule has 0 unspecified atom stereocenters. The molecule has 1 saturated heterocycles. The van der Waals surface area contributed by atoms with Crippen LogP contribution in [0.25, 0.3) is 0 Å². The minimum absolute atomic E-state index is 0.125. The fraction of sp³-hybridized carbons (Fsp3) is 0.579. The third-order valence-electron chi connectivity index (χ3n) is 4.28. The molecule has 0 aliphatic carbocycles. The van der Waals surface area contributed by atoms with Crippen LogP contribution < -0.4 is 15.4 Å². The second-order valence-electron chi connectivity index (χ2n) is 6.36. The molecule has 1 aliphatic rings. The Morgan fingerprint density at radius 2 is 1.96 bits per heavy atom. The van der Waals surface area contributed by atoms with Crippen LogP contribution in [-0.4, -0.2) is 73.9 Å². The lowest BCUT2D eigenvalue weighted by Crippen LogP contribution is -2.42. The normalized spacial score (nSPS) is 15.9. The molecule has 0 bridgehead atoms. The number of carbonyl (C=O) groups is 2. The highest BCUT2D eigenvalue weighted by atomic mass is 16.5. The number of ether oxygens (including phenoxy) is 2. The van der Waals surface area contributed by atoms with Crippen molar-refractivity contribution in [2.75, 3.05) is 51.3 Å². The Hall–Kier alpha value is -2.16. The van der Waals surface area contributed by atoms with Gasteiger partial charge in [0.2, 0.25) is 5.91 Å². The molecule has 0 spiro atoms. The highest BCUT2D eigenvalue weighted by Gasteiger charge is 2.20. The van der Waals surface area contributed by atoms with Crippen molar-refractivity contribution in [2.24, 2.45) is 0 Å². The van der Waals surface area contributed by atoms with Gasteiger partial charge in [-0.2, -0.15) is 0 Å². The van der Waals surface area contributed by atoms with E-state index in [2.05, 4.69) is 15.5 Å². The number of nitrogens with zero attached hydrogens (tertiary/aromatic N) is 1. The van der Waals surface area contributed by atoms with Crippen molar-refractivity contribution >= 4 is 17.6 Å². The van der Waals surface area contributed by atoms with Gasteiger partial charge in [0, 0.05) is 18.8 Å². The minimum atomic E-state index is -1.02.